The third kappa shape index (κ3) is 3.90. The summed E-state index contributed by atoms with van der Waals surface area (Å²) in [5.74, 6) is 0.712. The van der Waals surface area contributed by atoms with Crippen molar-refractivity contribution >= 4 is 11.6 Å². The van der Waals surface area contributed by atoms with Gasteiger partial charge in [0.25, 0.3) is 0 Å². The zero-order valence-electron chi connectivity index (χ0n) is 11.3. The van der Waals surface area contributed by atoms with Crippen LogP contribution >= 0.6 is 11.6 Å². The van der Waals surface area contributed by atoms with E-state index in [1.807, 2.05) is 32.0 Å². The molecule has 0 aliphatic carbocycles. The summed E-state index contributed by atoms with van der Waals surface area (Å²) in [4.78, 5) is 0. The van der Waals surface area contributed by atoms with E-state index in [2.05, 4.69) is 20.8 Å². The first-order valence-corrected chi connectivity index (χ1v) is 6.28. The van der Waals surface area contributed by atoms with Crippen LogP contribution in [0.3, 0.4) is 0 Å². The van der Waals surface area contributed by atoms with E-state index < -0.39 is 0 Å². The Hall–Kier alpha value is -0.730. The number of benzene rings is 1. The first kappa shape index (κ1) is 14.3. The van der Waals surface area contributed by atoms with Gasteiger partial charge in [0, 0.05) is 11.5 Å². The second-order valence-corrected chi connectivity index (χ2v) is 6.10. The predicted octanol–water partition coefficient (Wildman–Crippen LogP) is 3.79. The van der Waals surface area contributed by atoms with Crippen molar-refractivity contribution in [3.8, 4) is 5.75 Å². The zero-order chi connectivity index (χ0) is 13.2. The summed E-state index contributed by atoms with van der Waals surface area (Å²) in [5.41, 5.74) is 7.09. The highest BCUT2D eigenvalue weighted by molar-refractivity contribution is 6.32. The standard InChI is InChI=1S/C14H22ClNO/c1-9-6-7-11(15)12(8-9)17-13(10(2)16)14(3,4)5/h6-8,10,13H,16H2,1-5H3. The van der Waals surface area contributed by atoms with Crippen LogP contribution in [0.2, 0.25) is 5.02 Å². The highest BCUT2D eigenvalue weighted by atomic mass is 35.5. The topological polar surface area (TPSA) is 35.2 Å². The van der Waals surface area contributed by atoms with E-state index in [4.69, 9.17) is 22.1 Å². The highest BCUT2D eigenvalue weighted by Crippen LogP contribution is 2.31. The van der Waals surface area contributed by atoms with Gasteiger partial charge in [-0.25, -0.2) is 0 Å². The maximum absolute atomic E-state index is 6.13. The molecular weight excluding hydrogens is 234 g/mol. The summed E-state index contributed by atoms with van der Waals surface area (Å²) in [7, 11) is 0. The van der Waals surface area contributed by atoms with Gasteiger partial charge in [0.2, 0.25) is 0 Å². The van der Waals surface area contributed by atoms with Crippen molar-refractivity contribution in [1.82, 2.24) is 0 Å². The van der Waals surface area contributed by atoms with E-state index >= 15 is 0 Å². The Bertz CT molecular complexity index is 382. The molecule has 0 spiro atoms. The molecule has 2 nitrogen and oxygen atoms in total. The average Bonchev–Trinajstić information content (AvgIpc) is 2.17. The van der Waals surface area contributed by atoms with E-state index in [-0.39, 0.29) is 17.6 Å². The van der Waals surface area contributed by atoms with Crippen molar-refractivity contribution < 1.29 is 4.74 Å². The largest absolute Gasteiger partial charge is 0.487 e. The molecule has 0 radical (unpaired) electrons. The summed E-state index contributed by atoms with van der Waals surface area (Å²) >= 11 is 6.13. The molecule has 0 bridgehead atoms. The molecule has 1 aromatic carbocycles. The lowest BCUT2D eigenvalue weighted by Crippen LogP contribution is -2.45. The summed E-state index contributed by atoms with van der Waals surface area (Å²) in [6.07, 6.45) is -0.0678. The lowest BCUT2D eigenvalue weighted by molar-refractivity contribution is 0.0685. The minimum Gasteiger partial charge on any atom is -0.487 e. The lowest BCUT2D eigenvalue weighted by Gasteiger charge is -2.34. The maximum atomic E-state index is 6.13. The van der Waals surface area contributed by atoms with Crippen LogP contribution in [0.4, 0.5) is 0 Å². The number of rotatable bonds is 3. The normalized spacial score (nSPS) is 15.5. The molecule has 1 rings (SSSR count). The molecule has 2 atom stereocenters. The van der Waals surface area contributed by atoms with Gasteiger partial charge >= 0.3 is 0 Å². The van der Waals surface area contributed by atoms with E-state index in [9.17, 15) is 0 Å². The molecule has 2 N–H and O–H groups in total. The number of hydrogen-bond donors (Lipinski definition) is 1. The third-order valence-corrected chi connectivity index (χ3v) is 2.98. The lowest BCUT2D eigenvalue weighted by atomic mass is 9.85. The van der Waals surface area contributed by atoms with Gasteiger partial charge in [-0.1, -0.05) is 38.4 Å². The Morgan fingerprint density at radius 1 is 1.29 bits per heavy atom. The fourth-order valence-corrected chi connectivity index (χ4v) is 2.07. The molecule has 0 aliphatic rings. The Morgan fingerprint density at radius 2 is 1.88 bits per heavy atom. The summed E-state index contributed by atoms with van der Waals surface area (Å²) in [6.45, 7) is 10.3. The Balaban J connectivity index is 2.98. The number of halogens is 1. The van der Waals surface area contributed by atoms with E-state index in [0.29, 0.717) is 10.8 Å². The molecule has 0 amide bonds. The van der Waals surface area contributed by atoms with Crippen molar-refractivity contribution in [3.63, 3.8) is 0 Å². The smallest absolute Gasteiger partial charge is 0.138 e. The van der Waals surface area contributed by atoms with Gasteiger partial charge in [-0.05, 0) is 31.5 Å². The van der Waals surface area contributed by atoms with Gasteiger partial charge in [-0.15, -0.1) is 0 Å². The van der Waals surface area contributed by atoms with E-state index in [1.54, 1.807) is 0 Å². The molecule has 2 unspecified atom stereocenters. The zero-order valence-corrected chi connectivity index (χ0v) is 12.0. The molecule has 96 valence electrons. The number of aryl methyl sites for hydroxylation is 1. The Morgan fingerprint density at radius 3 is 2.35 bits per heavy atom. The van der Waals surface area contributed by atoms with Crippen molar-refractivity contribution in [2.75, 3.05) is 0 Å². The quantitative estimate of drug-likeness (QED) is 0.892. The molecule has 3 heteroatoms. The van der Waals surface area contributed by atoms with Crippen LogP contribution in [0.15, 0.2) is 18.2 Å². The van der Waals surface area contributed by atoms with Crippen molar-refractivity contribution in [3.05, 3.63) is 28.8 Å². The second kappa shape index (κ2) is 5.28. The molecule has 0 aliphatic heterocycles. The molecule has 17 heavy (non-hydrogen) atoms. The summed E-state index contributed by atoms with van der Waals surface area (Å²) in [6, 6.07) is 5.72. The first-order chi connectivity index (χ1) is 7.71. The number of hydrogen-bond acceptors (Lipinski definition) is 2. The van der Waals surface area contributed by atoms with Crippen LogP contribution < -0.4 is 10.5 Å². The molecular formula is C14H22ClNO. The van der Waals surface area contributed by atoms with Gasteiger partial charge in [-0.2, -0.15) is 0 Å². The first-order valence-electron chi connectivity index (χ1n) is 5.90. The second-order valence-electron chi connectivity index (χ2n) is 5.70. The van der Waals surface area contributed by atoms with Crippen molar-refractivity contribution in [1.29, 1.82) is 0 Å². The number of ether oxygens (including phenoxy) is 1. The molecule has 0 heterocycles. The van der Waals surface area contributed by atoms with Crippen molar-refractivity contribution in [2.24, 2.45) is 11.1 Å². The molecule has 0 fully saturated rings. The summed E-state index contributed by atoms with van der Waals surface area (Å²) < 4.78 is 5.99. The number of nitrogens with two attached hydrogens (primary N) is 1. The van der Waals surface area contributed by atoms with Crippen molar-refractivity contribution in [2.45, 2.75) is 46.8 Å². The van der Waals surface area contributed by atoms with Crippen LogP contribution in [0, 0.1) is 12.3 Å². The monoisotopic (exact) mass is 255 g/mol. The minimum atomic E-state index is -0.0678. The van der Waals surface area contributed by atoms with E-state index in [0.717, 1.165) is 5.56 Å². The molecule has 0 aromatic heterocycles. The SMILES string of the molecule is Cc1ccc(Cl)c(OC(C(C)N)C(C)(C)C)c1. The fourth-order valence-electron chi connectivity index (χ4n) is 1.91. The molecule has 0 saturated carbocycles. The van der Waals surface area contributed by atoms with E-state index in [1.165, 1.54) is 0 Å². The van der Waals surface area contributed by atoms with Gasteiger partial charge in [0.05, 0.1) is 5.02 Å². The maximum Gasteiger partial charge on any atom is 0.138 e. The van der Waals surface area contributed by atoms with Gasteiger partial charge in [0.1, 0.15) is 11.9 Å². The van der Waals surface area contributed by atoms with Crippen LogP contribution in [-0.2, 0) is 0 Å². The summed E-state index contributed by atoms with van der Waals surface area (Å²) in [5, 5.41) is 0.630. The van der Waals surface area contributed by atoms with Gasteiger partial charge in [-0.3, -0.25) is 0 Å². The Kier molecular flexibility index (Phi) is 4.45. The third-order valence-electron chi connectivity index (χ3n) is 2.67. The molecule has 0 saturated heterocycles. The average molecular weight is 256 g/mol. The van der Waals surface area contributed by atoms with Crippen LogP contribution in [0.1, 0.15) is 33.3 Å². The fraction of sp³-hybridized carbons (Fsp3) is 0.571. The predicted molar refractivity (Wildman–Crippen MR) is 73.7 cm³/mol. The van der Waals surface area contributed by atoms with Crippen LogP contribution in [0.25, 0.3) is 0 Å². The van der Waals surface area contributed by atoms with Crippen LogP contribution in [0.5, 0.6) is 5.75 Å². The van der Waals surface area contributed by atoms with Crippen LogP contribution in [-0.4, -0.2) is 12.1 Å². The Labute approximate surface area is 109 Å². The minimum absolute atomic E-state index is 0.0265. The molecule has 1 aromatic rings. The van der Waals surface area contributed by atoms with Gasteiger partial charge in [0.15, 0.2) is 0 Å². The highest BCUT2D eigenvalue weighted by Gasteiger charge is 2.30. The van der Waals surface area contributed by atoms with Gasteiger partial charge < -0.3 is 10.5 Å².